The van der Waals surface area contributed by atoms with E-state index in [9.17, 15) is 5.11 Å². The molecule has 3 heteroatoms. The first-order chi connectivity index (χ1) is 9.75. The molecule has 1 aromatic heterocycles. The summed E-state index contributed by atoms with van der Waals surface area (Å²) in [5.74, 6) is 0. The van der Waals surface area contributed by atoms with Gasteiger partial charge in [0, 0.05) is 23.0 Å². The summed E-state index contributed by atoms with van der Waals surface area (Å²) in [4.78, 5) is 4.64. The van der Waals surface area contributed by atoms with Crippen molar-refractivity contribution in [3.63, 3.8) is 0 Å². The molecule has 0 amide bonds. The molecule has 1 unspecified atom stereocenters. The molecule has 1 heterocycles. The van der Waals surface area contributed by atoms with Crippen molar-refractivity contribution in [2.45, 2.75) is 51.7 Å². The highest BCUT2D eigenvalue weighted by Gasteiger charge is 2.22. The first-order valence-corrected chi connectivity index (χ1v) is 7.57. The second kappa shape index (κ2) is 6.12. The molecule has 0 aliphatic carbocycles. The number of aromatic nitrogens is 1. The number of hydrogen-bond donors (Lipinski definition) is 2. The van der Waals surface area contributed by atoms with Crippen molar-refractivity contribution in [1.29, 1.82) is 0 Å². The zero-order valence-corrected chi connectivity index (χ0v) is 13.5. The Labute approximate surface area is 127 Å². The van der Waals surface area contributed by atoms with Gasteiger partial charge in [-0.05, 0) is 52.8 Å². The van der Waals surface area contributed by atoms with Crippen LogP contribution in [0.4, 0.5) is 0 Å². The third-order valence-corrected chi connectivity index (χ3v) is 3.54. The maximum Gasteiger partial charge on any atom is 0.0705 e. The van der Waals surface area contributed by atoms with E-state index in [0.29, 0.717) is 12.8 Å². The smallest absolute Gasteiger partial charge is 0.0705 e. The summed E-state index contributed by atoms with van der Waals surface area (Å²) in [5.41, 5.74) is 1.26. The summed E-state index contributed by atoms with van der Waals surface area (Å²) in [6.45, 7) is 9.07. The van der Waals surface area contributed by atoms with Gasteiger partial charge in [0.05, 0.1) is 11.1 Å². The Morgan fingerprint density at radius 2 is 1.76 bits per heavy atom. The van der Waals surface area contributed by atoms with E-state index >= 15 is 0 Å². The molecule has 0 saturated carbocycles. The number of rotatable bonds is 5. The Morgan fingerprint density at radius 3 is 2.48 bits per heavy atom. The van der Waals surface area contributed by atoms with Gasteiger partial charge in [0.1, 0.15) is 0 Å². The van der Waals surface area contributed by atoms with Gasteiger partial charge < -0.3 is 10.4 Å². The van der Waals surface area contributed by atoms with Crippen LogP contribution in [0.2, 0.25) is 0 Å². The molecule has 21 heavy (non-hydrogen) atoms. The van der Waals surface area contributed by atoms with Crippen LogP contribution in [-0.2, 0) is 6.42 Å². The highest BCUT2D eigenvalue weighted by Crippen LogP contribution is 2.18. The summed E-state index contributed by atoms with van der Waals surface area (Å²) in [7, 11) is 0. The zero-order valence-electron chi connectivity index (χ0n) is 13.5. The fourth-order valence-electron chi connectivity index (χ4n) is 2.39. The van der Waals surface area contributed by atoms with E-state index in [1.165, 1.54) is 0 Å². The second-order valence-corrected chi connectivity index (χ2v) is 7.10. The van der Waals surface area contributed by atoms with Crippen molar-refractivity contribution < 1.29 is 5.11 Å². The minimum absolute atomic E-state index is 0.0806. The van der Waals surface area contributed by atoms with Crippen LogP contribution in [-0.4, -0.2) is 27.8 Å². The van der Waals surface area contributed by atoms with Crippen LogP contribution >= 0.6 is 0 Å². The molecular weight excluding hydrogens is 260 g/mol. The zero-order chi connectivity index (χ0) is 15.5. The molecule has 0 aliphatic heterocycles. The van der Waals surface area contributed by atoms with Crippen LogP contribution in [0.15, 0.2) is 36.4 Å². The maximum absolute atomic E-state index is 10.6. The molecule has 114 valence electrons. The average Bonchev–Trinajstić information content (AvgIpc) is 2.36. The Bertz CT molecular complexity index is 599. The topological polar surface area (TPSA) is 45.1 Å². The predicted molar refractivity (Wildman–Crippen MR) is 88.4 cm³/mol. The van der Waals surface area contributed by atoms with Crippen LogP contribution in [0.5, 0.6) is 0 Å². The van der Waals surface area contributed by atoms with Crippen molar-refractivity contribution in [1.82, 2.24) is 10.3 Å². The quantitative estimate of drug-likeness (QED) is 0.886. The number of aliphatic hydroxyl groups is 1. The van der Waals surface area contributed by atoms with E-state index in [1.807, 2.05) is 31.2 Å². The standard InChI is InChI=1S/C18H26N2O/c1-17(2,3)19-12-11-18(4,21)13-15-10-9-14-7-5-6-8-16(14)20-15/h5-10,19,21H,11-13H2,1-4H3. The van der Waals surface area contributed by atoms with Crippen molar-refractivity contribution in [3.05, 3.63) is 42.1 Å². The van der Waals surface area contributed by atoms with Crippen LogP contribution in [0.3, 0.4) is 0 Å². The minimum atomic E-state index is -0.742. The minimum Gasteiger partial charge on any atom is -0.390 e. The van der Waals surface area contributed by atoms with Crippen molar-refractivity contribution in [2.24, 2.45) is 0 Å². The Kier molecular flexibility index (Phi) is 4.64. The average molecular weight is 286 g/mol. The lowest BCUT2D eigenvalue weighted by atomic mass is 9.95. The molecule has 1 aromatic carbocycles. The van der Waals surface area contributed by atoms with E-state index in [-0.39, 0.29) is 5.54 Å². The fourth-order valence-corrected chi connectivity index (χ4v) is 2.39. The third kappa shape index (κ3) is 5.10. The first-order valence-electron chi connectivity index (χ1n) is 7.57. The Balaban J connectivity index is 2.00. The first kappa shape index (κ1) is 15.9. The van der Waals surface area contributed by atoms with Crippen molar-refractivity contribution >= 4 is 10.9 Å². The van der Waals surface area contributed by atoms with E-state index in [4.69, 9.17) is 0 Å². The highest BCUT2D eigenvalue weighted by molar-refractivity contribution is 5.78. The van der Waals surface area contributed by atoms with Gasteiger partial charge in [-0.15, -0.1) is 0 Å². The lowest BCUT2D eigenvalue weighted by Gasteiger charge is -2.26. The number of benzene rings is 1. The molecule has 0 aliphatic rings. The summed E-state index contributed by atoms with van der Waals surface area (Å²) in [6, 6.07) is 12.1. The molecule has 0 saturated heterocycles. The van der Waals surface area contributed by atoms with Gasteiger partial charge in [0.25, 0.3) is 0 Å². The van der Waals surface area contributed by atoms with Crippen LogP contribution in [0, 0.1) is 0 Å². The van der Waals surface area contributed by atoms with Crippen molar-refractivity contribution in [3.8, 4) is 0 Å². The molecule has 0 bridgehead atoms. The molecule has 2 rings (SSSR count). The SMILES string of the molecule is CC(O)(CCNC(C)(C)C)Cc1ccc2ccccc2n1. The summed E-state index contributed by atoms with van der Waals surface area (Å²) >= 11 is 0. The molecule has 3 nitrogen and oxygen atoms in total. The number of fused-ring (bicyclic) bond motifs is 1. The Hall–Kier alpha value is -1.45. The van der Waals surface area contributed by atoms with Gasteiger partial charge in [-0.1, -0.05) is 24.3 Å². The summed E-state index contributed by atoms with van der Waals surface area (Å²) in [5, 5.41) is 15.1. The summed E-state index contributed by atoms with van der Waals surface area (Å²) in [6.07, 6.45) is 1.28. The van der Waals surface area contributed by atoms with Gasteiger partial charge in [-0.2, -0.15) is 0 Å². The second-order valence-electron chi connectivity index (χ2n) is 7.10. The van der Waals surface area contributed by atoms with Gasteiger partial charge in [-0.3, -0.25) is 4.98 Å². The van der Waals surface area contributed by atoms with E-state index in [1.54, 1.807) is 0 Å². The molecule has 0 radical (unpaired) electrons. The van der Waals surface area contributed by atoms with Crippen LogP contribution < -0.4 is 5.32 Å². The number of pyridine rings is 1. The Morgan fingerprint density at radius 1 is 1.05 bits per heavy atom. The number of nitrogens with one attached hydrogen (secondary N) is 1. The maximum atomic E-state index is 10.6. The highest BCUT2D eigenvalue weighted by atomic mass is 16.3. The predicted octanol–water partition coefficient (Wildman–Crippen LogP) is 3.31. The lowest BCUT2D eigenvalue weighted by Crippen LogP contribution is -2.40. The lowest BCUT2D eigenvalue weighted by molar-refractivity contribution is 0.0491. The monoisotopic (exact) mass is 286 g/mol. The fraction of sp³-hybridized carbons (Fsp3) is 0.500. The van der Waals surface area contributed by atoms with E-state index in [0.717, 1.165) is 23.1 Å². The number of para-hydroxylation sites is 1. The number of nitrogens with zero attached hydrogens (tertiary/aromatic N) is 1. The van der Waals surface area contributed by atoms with Gasteiger partial charge in [0.15, 0.2) is 0 Å². The van der Waals surface area contributed by atoms with Crippen molar-refractivity contribution in [2.75, 3.05) is 6.54 Å². The van der Waals surface area contributed by atoms with E-state index in [2.05, 4.69) is 43.2 Å². The molecule has 0 fully saturated rings. The third-order valence-electron chi connectivity index (χ3n) is 3.54. The molecule has 1 atom stereocenters. The largest absolute Gasteiger partial charge is 0.390 e. The molecule has 0 spiro atoms. The molecular formula is C18H26N2O. The van der Waals surface area contributed by atoms with Gasteiger partial charge in [0.2, 0.25) is 0 Å². The van der Waals surface area contributed by atoms with Crippen LogP contribution in [0.1, 0.15) is 39.8 Å². The van der Waals surface area contributed by atoms with E-state index < -0.39 is 5.60 Å². The van der Waals surface area contributed by atoms with Crippen LogP contribution in [0.25, 0.3) is 10.9 Å². The number of hydrogen-bond acceptors (Lipinski definition) is 3. The summed E-state index contributed by atoms with van der Waals surface area (Å²) < 4.78 is 0. The molecule has 2 aromatic rings. The normalized spacial score (nSPS) is 15.1. The van der Waals surface area contributed by atoms with Gasteiger partial charge >= 0.3 is 0 Å². The molecule has 2 N–H and O–H groups in total. The van der Waals surface area contributed by atoms with Gasteiger partial charge in [-0.25, -0.2) is 0 Å².